The fourth-order valence-electron chi connectivity index (χ4n) is 4.22. The van der Waals surface area contributed by atoms with E-state index in [-0.39, 0.29) is 23.8 Å². The van der Waals surface area contributed by atoms with Gasteiger partial charge in [-0.1, -0.05) is 54.5 Å². The Kier molecular flexibility index (Phi) is 11.8. The van der Waals surface area contributed by atoms with Crippen LogP contribution in [0.2, 0.25) is 0 Å². The van der Waals surface area contributed by atoms with E-state index in [2.05, 4.69) is 29.3 Å². The molecule has 40 heavy (non-hydrogen) atoms. The fourth-order valence-corrected chi connectivity index (χ4v) is 5.87. The van der Waals surface area contributed by atoms with Crippen molar-refractivity contribution < 1.29 is 28.0 Å². The van der Waals surface area contributed by atoms with Gasteiger partial charge in [-0.2, -0.15) is 0 Å². The Morgan fingerprint density at radius 2 is 1.62 bits per heavy atom. The summed E-state index contributed by atoms with van der Waals surface area (Å²) >= 11 is 0. The van der Waals surface area contributed by atoms with E-state index in [0.717, 1.165) is 18.4 Å². The number of carbonyl (C=O) groups excluding carboxylic acids is 2. The van der Waals surface area contributed by atoms with Gasteiger partial charge in [0, 0.05) is 12.1 Å². The van der Waals surface area contributed by atoms with Gasteiger partial charge in [0.2, 0.25) is 0 Å². The van der Waals surface area contributed by atoms with E-state index in [9.17, 15) is 23.2 Å². The molecule has 0 aliphatic carbocycles. The highest BCUT2D eigenvalue weighted by Gasteiger charge is 2.33. The predicted molar refractivity (Wildman–Crippen MR) is 153 cm³/mol. The predicted octanol–water partition coefficient (Wildman–Crippen LogP) is 4.12. The molecule has 0 spiro atoms. The maximum Gasteiger partial charge on any atom is 0.262 e. The Morgan fingerprint density at radius 1 is 0.925 bits per heavy atom. The van der Waals surface area contributed by atoms with Gasteiger partial charge >= 0.3 is 0 Å². The SMILES string of the molecule is CC#CCOc1ccc(S(=O)(=O)C(CCCCNC(=O)c2ccccc2CCc2ccccc2)C(=O)NO)cc1. The van der Waals surface area contributed by atoms with Gasteiger partial charge in [-0.25, -0.2) is 13.9 Å². The number of aryl methyl sites for hydroxylation is 2. The molecule has 3 N–H and O–H groups in total. The molecule has 0 aliphatic rings. The third-order valence-corrected chi connectivity index (χ3v) is 8.51. The van der Waals surface area contributed by atoms with E-state index in [1.54, 1.807) is 13.0 Å². The summed E-state index contributed by atoms with van der Waals surface area (Å²) in [5.74, 6) is 4.69. The van der Waals surface area contributed by atoms with Crippen LogP contribution < -0.4 is 15.5 Å². The zero-order valence-corrected chi connectivity index (χ0v) is 23.2. The van der Waals surface area contributed by atoms with E-state index < -0.39 is 21.0 Å². The molecule has 0 fully saturated rings. The summed E-state index contributed by atoms with van der Waals surface area (Å²) in [6.45, 7) is 2.17. The van der Waals surface area contributed by atoms with E-state index >= 15 is 0 Å². The van der Waals surface area contributed by atoms with Crippen LogP contribution in [0.4, 0.5) is 0 Å². The lowest BCUT2D eigenvalue weighted by Gasteiger charge is -2.16. The Balaban J connectivity index is 1.54. The smallest absolute Gasteiger partial charge is 0.262 e. The van der Waals surface area contributed by atoms with E-state index in [4.69, 9.17) is 4.74 Å². The number of unbranched alkanes of at least 4 members (excludes halogenated alkanes) is 1. The Hall–Kier alpha value is -4.13. The largest absolute Gasteiger partial charge is 0.481 e. The van der Waals surface area contributed by atoms with Crippen molar-refractivity contribution in [3.8, 4) is 17.6 Å². The zero-order valence-electron chi connectivity index (χ0n) is 22.4. The maximum absolute atomic E-state index is 13.2. The molecule has 0 bridgehead atoms. The Labute approximate surface area is 235 Å². The molecule has 0 heterocycles. The number of nitrogens with one attached hydrogen (secondary N) is 2. The number of rotatable bonds is 14. The number of hydrogen-bond donors (Lipinski definition) is 3. The van der Waals surface area contributed by atoms with Crippen molar-refractivity contribution in [3.05, 3.63) is 95.6 Å². The number of sulfone groups is 1. The van der Waals surface area contributed by atoms with Gasteiger partial charge in [0.15, 0.2) is 9.84 Å². The van der Waals surface area contributed by atoms with Crippen LogP contribution in [0.15, 0.2) is 83.8 Å². The first-order chi connectivity index (χ1) is 19.4. The second kappa shape index (κ2) is 15.5. The van der Waals surface area contributed by atoms with Gasteiger partial charge in [0.1, 0.15) is 17.6 Å². The summed E-state index contributed by atoms with van der Waals surface area (Å²) in [6.07, 6.45) is 2.31. The molecule has 0 saturated heterocycles. The maximum atomic E-state index is 13.2. The number of hydrogen-bond acceptors (Lipinski definition) is 6. The molecule has 3 aromatic carbocycles. The van der Waals surface area contributed by atoms with Crippen LogP contribution in [0, 0.1) is 11.8 Å². The van der Waals surface area contributed by atoms with Crippen molar-refractivity contribution in [2.75, 3.05) is 13.2 Å². The minimum absolute atomic E-state index is 0.0252. The molecule has 210 valence electrons. The second-order valence-corrected chi connectivity index (χ2v) is 11.2. The molecular weight excluding hydrogens is 528 g/mol. The summed E-state index contributed by atoms with van der Waals surface area (Å²) in [4.78, 5) is 25.1. The lowest BCUT2D eigenvalue weighted by atomic mass is 9.99. The third-order valence-electron chi connectivity index (χ3n) is 6.38. The van der Waals surface area contributed by atoms with Crippen LogP contribution in [-0.4, -0.2) is 43.8 Å². The standard InChI is InChI=1S/C31H34N2O6S/c1-2-3-23-39-26-18-20-27(21-19-26)40(37,38)29(31(35)33-36)15-9-10-22-32-30(34)28-14-8-7-13-25(28)17-16-24-11-5-4-6-12-24/h4-8,11-14,18-21,29,36H,9-10,15-17,22-23H2,1H3,(H,32,34)(H,33,35). The lowest BCUT2D eigenvalue weighted by Crippen LogP contribution is -2.38. The zero-order chi connectivity index (χ0) is 28.8. The highest BCUT2D eigenvalue weighted by Crippen LogP contribution is 2.23. The summed E-state index contributed by atoms with van der Waals surface area (Å²) in [5, 5.41) is 10.6. The fraction of sp³-hybridized carbons (Fsp3) is 0.290. The van der Waals surface area contributed by atoms with Crippen molar-refractivity contribution >= 4 is 21.7 Å². The third kappa shape index (κ3) is 8.70. The highest BCUT2D eigenvalue weighted by molar-refractivity contribution is 7.92. The van der Waals surface area contributed by atoms with Crippen LogP contribution in [0.1, 0.15) is 47.7 Å². The van der Waals surface area contributed by atoms with E-state index in [0.29, 0.717) is 30.7 Å². The molecule has 0 aromatic heterocycles. The number of hydroxylamine groups is 1. The normalized spacial score (nSPS) is 11.6. The molecule has 0 aliphatic heterocycles. The van der Waals surface area contributed by atoms with E-state index in [1.807, 2.05) is 36.4 Å². The van der Waals surface area contributed by atoms with Crippen LogP contribution in [0.5, 0.6) is 5.75 Å². The molecule has 9 heteroatoms. The summed E-state index contributed by atoms with van der Waals surface area (Å²) in [5.41, 5.74) is 4.22. The van der Waals surface area contributed by atoms with Gasteiger partial charge in [0.25, 0.3) is 11.8 Å². The highest BCUT2D eigenvalue weighted by atomic mass is 32.2. The van der Waals surface area contributed by atoms with Crippen LogP contribution in [-0.2, 0) is 27.5 Å². The molecule has 2 amide bonds. The summed E-state index contributed by atoms with van der Waals surface area (Å²) < 4.78 is 31.7. The molecule has 8 nitrogen and oxygen atoms in total. The van der Waals surface area contributed by atoms with E-state index in [1.165, 1.54) is 35.3 Å². The average molecular weight is 563 g/mol. The quantitative estimate of drug-likeness (QED) is 0.118. The molecule has 0 radical (unpaired) electrons. The van der Waals surface area contributed by atoms with Crippen LogP contribution in [0.25, 0.3) is 0 Å². The topological polar surface area (TPSA) is 122 Å². The average Bonchev–Trinajstić information content (AvgIpc) is 2.98. The van der Waals surface area contributed by atoms with Gasteiger partial charge in [-0.05, 0) is 80.5 Å². The number of ether oxygens (including phenoxy) is 1. The van der Waals surface area contributed by atoms with Crippen molar-refractivity contribution in [2.45, 2.75) is 49.2 Å². The molecule has 1 unspecified atom stereocenters. The first kappa shape index (κ1) is 30.4. The Bertz CT molecular complexity index is 1430. The first-order valence-electron chi connectivity index (χ1n) is 13.1. The van der Waals surface area contributed by atoms with Crippen LogP contribution >= 0.6 is 0 Å². The van der Waals surface area contributed by atoms with Gasteiger partial charge in [-0.3, -0.25) is 14.8 Å². The molecular formula is C31H34N2O6S. The number of amides is 2. The van der Waals surface area contributed by atoms with Crippen LogP contribution in [0.3, 0.4) is 0 Å². The molecule has 3 aromatic rings. The Morgan fingerprint density at radius 3 is 2.33 bits per heavy atom. The summed E-state index contributed by atoms with van der Waals surface area (Å²) in [7, 11) is -4.08. The molecule has 1 atom stereocenters. The van der Waals surface area contributed by atoms with Crippen molar-refractivity contribution in [3.63, 3.8) is 0 Å². The minimum Gasteiger partial charge on any atom is -0.481 e. The van der Waals surface area contributed by atoms with Crippen molar-refractivity contribution in [1.29, 1.82) is 0 Å². The minimum atomic E-state index is -4.08. The van der Waals surface area contributed by atoms with Gasteiger partial charge in [-0.15, -0.1) is 5.92 Å². The lowest BCUT2D eigenvalue weighted by molar-refractivity contribution is -0.128. The van der Waals surface area contributed by atoms with Gasteiger partial charge in [0.05, 0.1) is 4.90 Å². The number of carbonyl (C=O) groups is 2. The number of benzene rings is 3. The van der Waals surface area contributed by atoms with Crippen molar-refractivity contribution in [2.24, 2.45) is 0 Å². The molecule has 0 saturated carbocycles. The second-order valence-electron chi connectivity index (χ2n) is 9.09. The molecule has 3 rings (SSSR count). The first-order valence-corrected chi connectivity index (χ1v) is 14.6. The van der Waals surface area contributed by atoms with Crippen molar-refractivity contribution in [1.82, 2.24) is 10.8 Å². The monoisotopic (exact) mass is 562 g/mol. The van der Waals surface area contributed by atoms with Gasteiger partial charge < -0.3 is 10.1 Å². The summed E-state index contributed by atoms with van der Waals surface area (Å²) in [6, 6.07) is 23.2.